The molecule has 1 heterocycles. The van der Waals surface area contributed by atoms with Gasteiger partial charge >= 0.3 is 0 Å². The van der Waals surface area contributed by atoms with Gasteiger partial charge in [0.05, 0.1) is 0 Å². The summed E-state index contributed by atoms with van der Waals surface area (Å²) in [5, 5.41) is 3.23. The Morgan fingerprint density at radius 2 is 2.00 bits per heavy atom. The first-order valence-corrected chi connectivity index (χ1v) is 6.42. The van der Waals surface area contributed by atoms with Crippen molar-refractivity contribution in [2.45, 2.75) is 13.5 Å². The van der Waals surface area contributed by atoms with Crippen molar-refractivity contribution in [2.24, 2.45) is 5.73 Å². The first-order valence-electron chi connectivity index (χ1n) is 6.42. The van der Waals surface area contributed by atoms with Gasteiger partial charge in [0.2, 0.25) is 11.8 Å². The molecule has 0 fully saturated rings. The van der Waals surface area contributed by atoms with Gasteiger partial charge in [0.15, 0.2) is 0 Å². The SMILES string of the molecule is CCNCc1ccc(Oc2ccc(C(N)=O)cc2)nc1. The first kappa shape index (κ1) is 14.0. The van der Waals surface area contributed by atoms with Crippen LogP contribution in [0, 0.1) is 0 Å². The number of nitrogens with one attached hydrogen (secondary N) is 1. The fraction of sp³-hybridized carbons (Fsp3) is 0.200. The highest BCUT2D eigenvalue weighted by Crippen LogP contribution is 2.19. The molecule has 3 N–H and O–H groups in total. The molecule has 0 unspecified atom stereocenters. The van der Waals surface area contributed by atoms with Crippen LogP contribution in [0.2, 0.25) is 0 Å². The summed E-state index contributed by atoms with van der Waals surface area (Å²) in [6.07, 6.45) is 1.77. The molecule has 0 saturated heterocycles. The van der Waals surface area contributed by atoms with Crippen molar-refractivity contribution in [3.8, 4) is 11.6 Å². The fourth-order valence-electron chi connectivity index (χ4n) is 1.65. The van der Waals surface area contributed by atoms with Gasteiger partial charge in [-0.25, -0.2) is 4.98 Å². The van der Waals surface area contributed by atoms with Gasteiger partial charge < -0.3 is 15.8 Å². The number of rotatable bonds is 6. The van der Waals surface area contributed by atoms with Gasteiger partial charge in [-0.15, -0.1) is 0 Å². The van der Waals surface area contributed by atoms with Crippen molar-refractivity contribution in [1.29, 1.82) is 0 Å². The van der Waals surface area contributed by atoms with E-state index in [4.69, 9.17) is 10.5 Å². The van der Waals surface area contributed by atoms with E-state index in [-0.39, 0.29) is 0 Å². The topological polar surface area (TPSA) is 77.2 Å². The molecule has 5 nitrogen and oxygen atoms in total. The number of nitrogens with two attached hydrogens (primary N) is 1. The Morgan fingerprint density at radius 1 is 1.25 bits per heavy atom. The molecule has 2 aromatic rings. The summed E-state index contributed by atoms with van der Waals surface area (Å²) in [7, 11) is 0. The monoisotopic (exact) mass is 271 g/mol. The van der Waals surface area contributed by atoms with Crippen molar-refractivity contribution in [3.63, 3.8) is 0 Å². The van der Waals surface area contributed by atoms with Gasteiger partial charge in [-0.3, -0.25) is 4.79 Å². The molecule has 0 bridgehead atoms. The molecule has 0 aliphatic rings. The molecular formula is C15H17N3O2. The van der Waals surface area contributed by atoms with E-state index in [1.54, 1.807) is 30.5 Å². The Kier molecular flexibility index (Phi) is 4.68. The lowest BCUT2D eigenvalue weighted by Gasteiger charge is -2.06. The lowest BCUT2D eigenvalue weighted by molar-refractivity contribution is 0.100. The number of amides is 1. The highest BCUT2D eigenvalue weighted by Gasteiger charge is 2.02. The minimum Gasteiger partial charge on any atom is -0.439 e. The van der Waals surface area contributed by atoms with Gasteiger partial charge in [0.25, 0.3) is 0 Å². The van der Waals surface area contributed by atoms with E-state index >= 15 is 0 Å². The summed E-state index contributed by atoms with van der Waals surface area (Å²) in [4.78, 5) is 15.2. The second-order valence-corrected chi connectivity index (χ2v) is 4.28. The summed E-state index contributed by atoms with van der Waals surface area (Å²) in [6.45, 7) is 3.77. The zero-order valence-corrected chi connectivity index (χ0v) is 11.3. The third-order valence-electron chi connectivity index (χ3n) is 2.74. The summed E-state index contributed by atoms with van der Waals surface area (Å²) in [5.74, 6) is 0.668. The Morgan fingerprint density at radius 3 is 2.55 bits per heavy atom. The van der Waals surface area contributed by atoms with E-state index in [2.05, 4.69) is 17.2 Å². The van der Waals surface area contributed by atoms with Crippen molar-refractivity contribution < 1.29 is 9.53 Å². The number of aromatic nitrogens is 1. The van der Waals surface area contributed by atoms with Crippen LogP contribution in [0.15, 0.2) is 42.6 Å². The molecule has 0 saturated carbocycles. The van der Waals surface area contributed by atoms with E-state index in [0.717, 1.165) is 18.7 Å². The fourth-order valence-corrected chi connectivity index (χ4v) is 1.65. The first-order chi connectivity index (χ1) is 9.69. The number of benzene rings is 1. The molecule has 1 aromatic carbocycles. The summed E-state index contributed by atoms with van der Waals surface area (Å²) >= 11 is 0. The molecule has 1 amide bonds. The van der Waals surface area contributed by atoms with E-state index in [0.29, 0.717) is 17.2 Å². The van der Waals surface area contributed by atoms with Crippen LogP contribution in [0.4, 0.5) is 0 Å². The van der Waals surface area contributed by atoms with Crippen LogP contribution in [0.25, 0.3) is 0 Å². The molecule has 0 radical (unpaired) electrons. The maximum absolute atomic E-state index is 11.0. The Labute approximate surface area is 117 Å². The Bertz CT molecular complexity index is 565. The highest BCUT2D eigenvalue weighted by molar-refractivity contribution is 5.92. The van der Waals surface area contributed by atoms with Crippen LogP contribution >= 0.6 is 0 Å². The molecule has 0 atom stereocenters. The molecule has 5 heteroatoms. The summed E-state index contributed by atoms with van der Waals surface area (Å²) < 4.78 is 5.59. The molecular weight excluding hydrogens is 254 g/mol. The molecule has 20 heavy (non-hydrogen) atoms. The zero-order chi connectivity index (χ0) is 14.4. The van der Waals surface area contributed by atoms with Crippen LogP contribution in [0.1, 0.15) is 22.8 Å². The van der Waals surface area contributed by atoms with Crippen molar-refractivity contribution in [2.75, 3.05) is 6.54 Å². The number of hydrogen-bond acceptors (Lipinski definition) is 4. The van der Waals surface area contributed by atoms with E-state index in [1.165, 1.54) is 0 Å². The molecule has 0 spiro atoms. The van der Waals surface area contributed by atoms with E-state index < -0.39 is 5.91 Å². The lowest BCUT2D eigenvalue weighted by atomic mass is 10.2. The maximum Gasteiger partial charge on any atom is 0.248 e. The standard InChI is InChI=1S/C15H17N3O2/c1-2-17-9-11-3-8-14(18-10-11)20-13-6-4-12(5-7-13)15(16)19/h3-8,10,17H,2,9H2,1H3,(H2,16,19). The quantitative estimate of drug-likeness (QED) is 0.843. The average molecular weight is 271 g/mol. The van der Waals surface area contributed by atoms with Crippen LogP contribution in [-0.2, 0) is 6.54 Å². The number of carbonyl (C=O) groups excluding carboxylic acids is 1. The lowest BCUT2D eigenvalue weighted by Crippen LogP contribution is -2.11. The van der Waals surface area contributed by atoms with E-state index in [9.17, 15) is 4.79 Å². The molecule has 0 aliphatic heterocycles. The number of carbonyl (C=O) groups is 1. The molecule has 1 aromatic heterocycles. The smallest absolute Gasteiger partial charge is 0.248 e. The van der Waals surface area contributed by atoms with Crippen molar-refractivity contribution in [3.05, 3.63) is 53.7 Å². The predicted molar refractivity (Wildman–Crippen MR) is 76.7 cm³/mol. The minimum atomic E-state index is -0.456. The second kappa shape index (κ2) is 6.68. The average Bonchev–Trinajstić information content (AvgIpc) is 2.47. The Balaban J connectivity index is 2.00. The third kappa shape index (κ3) is 3.80. The van der Waals surface area contributed by atoms with Gasteiger partial charge in [0.1, 0.15) is 5.75 Å². The Hall–Kier alpha value is -2.40. The number of hydrogen-bond donors (Lipinski definition) is 2. The second-order valence-electron chi connectivity index (χ2n) is 4.28. The van der Waals surface area contributed by atoms with Gasteiger partial charge in [-0.05, 0) is 36.4 Å². The molecule has 2 rings (SSSR count). The maximum atomic E-state index is 11.0. The summed E-state index contributed by atoms with van der Waals surface area (Å²) in [6, 6.07) is 10.4. The number of ether oxygens (including phenoxy) is 1. The normalized spacial score (nSPS) is 10.2. The minimum absolute atomic E-state index is 0.450. The van der Waals surface area contributed by atoms with Crippen molar-refractivity contribution >= 4 is 5.91 Å². The van der Waals surface area contributed by atoms with Gasteiger partial charge in [-0.1, -0.05) is 13.0 Å². The van der Waals surface area contributed by atoms with Gasteiger partial charge in [0, 0.05) is 24.4 Å². The van der Waals surface area contributed by atoms with Crippen LogP contribution < -0.4 is 15.8 Å². The van der Waals surface area contributed by atoms with Crippen LogP contribution in [0.3, 0.4) is 0 Å². The van der Waals surface area contributed by atoms with Gasteiger partial charge in [-0.2, -0.15) is 0 Å². The number of nitrogens with zero attached hydrogens (tertiary/aromatic N) is 1. The predicted octanol–water partition coefficient (Wildman–Crippen LogP) is 2.08. The highest BCUT2D eigenvalue weighted by atomic mass is 16.5. The largest absolute Gasteiger partial charge is 0.439 e. The van der Waals surface area contributed by atoms with Crippen LogP contribution in [-0.4, -0.2) is 17.4 Å². The summed E-state index contributed by atoms with van der Waals surface area (Å²) in [5.41, 5.74) is 6.73. The van der Waals surface area contributed by atoms with Crippen molar-refractivity contribution in [1.82, 2.24) is 10.3 Å². The zero-order valence-electron chi connectivity index (χ0n) is 11.3. The number of pyridine rings is 1. The van der Waals surface area contributed by atoms with E-state index in [1.807, 2.05) is 12.1 Å². The van der Waals surface area contributed by atoms with Crippen LogP contribution in [0.5, 0.6) is 11.6 Å². The number of primary amides is 1. The molecule has 104 valence electrons. The third-order valence-corrected chi connectivity index (χ3v) is 2.74. The molecule has 0 aliphatic carbocycles.